The average molecular weight is 381 g/mol. The van der Waals surface area contributed by atoms with Gasteiger partial charge >= 0.3 is 0 Å². The van der Waals surface area contributed by atoms with Gasteiger partial charge in [-0.25, -0.2) is 0 Å². The topological polar surface area (TPSA) is 61.9 Å². The quantitative estimate of drug-likeness (QED) is 0.836. The number of carbonyl (C=O) groups is 2. The molecular weight excluding hydrogens is 354 g/mol. The molecule has 2 aromatic carbocycles. The van der Waals surface area contributed by atoms with Gasteiger partial charge in [0.2, 0.25) is 11.8 Å². The number of hydrogen-bond donors (Lipinski definition) is 1. The minimum absolute atomic E-state index is 0.00866. The molecule has 28 heavy (non-hydrogen) atoms. The Hall–Kier alpha value is -3.02. The zero-order valence-electron chi connectivity index (χ0n) is 16.5. The van der Waals surface area contributed by atoms with E-state index in [1.807, 2.05) is 53.4 Å². The molecule has 1 N–H and O–H groups in total. The molecule has 6 heteroatoms. The van der Waals surface area contributed by atoms with Crippen molar-refractivity contribution in [3.05, 3.63) is 54.1 Å². The number of nitrogens with one attached hydrogen (secondary N) is 1. The first-order valence-corrected chi connectivity index (χ1v) is 9.58. The van der Waals surface area contributed by atoms with E-state index in [1.54, 1.807) is 14.0 Å². The highest BCUT2D eigenvalue weighted by molar-refractivity contribution is 5.91. The van der Waals surface area contributed by atoms with Gasteiger partial charge in [-0.15, -0.1) is 0 Å². The van der Waals surface area contributed by atoms with Crippen LogP contribution in [0.1, 0.15) is 18.9 Å². The second kappa shape index (κ2) is 9.26. The van der Waals surface area contributed by atoms with Crippen molar-refractivity contribution >= 4 is 23.2 Å². The molecule has 0 spiro atoms. The molecule has 0 radical (unpaired) electrons. The number of rotatable bonds is 6. The first kappa shape index (κ1) is 19.7. The van der Waals surface area contributed by atoms with E-state index >= 15 is 0 Å². The highest BCUT2D eigenvalue weighted by Gasteiger charge is 2.18. The number of piperazine rings is 1. The summed E-state index contributed by atoms with van der Waals surface area (Å²) in [5.74, 6) is 0.926. The predicted molar refractivity (Wildman–Crippen MR) is 111 cm³/mol. The van der Waals surface area contributed by atoms with Crippen molar-refractivity contribution in [3.8, 4) is 5.75 Å². The van der Waals surface area contributed by atoms with Crippen LogP contribution in [0.4, 0.5) is 11.4 Å². The normalized spacial score (nSPS) is 13.9. The Bertz CT molecular complexity index is 812. The smallest absolute Gasteiger partial charge is 0.224 e. The second-order valence-electron chi connectivity index (χ2n) is 6.94. The van der Waals surface area contributed by atoms with Crippen LogP contribution in [0.3, 0.4) is 0 Å². The van der Waals surface area contributed by atoms with Gasteiger partial charge in [0.1, 0.15) is 5.75 Å². The lowest BCUT2D eigenvalue weighted by Crippen LogP contribution is -2.48. The van der Waals surface area contributed by atoms with Gasteiger partial charge in [-0.2, -0.15) is 0 Å². The maximum Gasteiger partial charge on any atom is 0.224 e. The highest BCUT2D eigenvalue weighted by Crippen LogP contribution is 2.20. The fraction of sp³-hybridized carbons (Fsp3) is 0.364. The monoisotopic (exact) mass is 381 g/mol. The number of hydrogen-bond acceptors (Lipinski definition) is 4. The molecule has 6 nitrogen and oxygen atoms in total. The van der Waals surface area contributed by atoms with Gasteiger partial charge in [0.05, 0.1) is 7.11 Å². The molecule has 0 aliphatic carbocycles. The minimum atomic E-state index is -0.00866. The summed E-state index contributed by atoms with van der Waals surface area (Å²) in [5.41, 5.74) is 2.98. The highest BCUT2D eigenvalue weighted by atomic mass is 16.5. The van der Waals surface area contributed by atoms with E-state index < -0.39 is 0 Å². The maximum absolute atomic E-state index is 12.2. The fourth-order valence-electron chi connectivity index (χ4n) is 3.34. The van der Waals surface area contributed by atoms with E-state index in [0.717, 1.165) is 48.9 Å². The first-order valence-electron chi connectivity index (χ1n) is 9.58. The Labute approximate surface area is 166 Å². The molecule has 2 amide bonds. The molecule has 1 fully saturated rings. The van der Waals surface area contributed by atoms with E-state index in [9.17, 15) is 9.59 Å². The molecule has 1 aliphatic heterocycles. The molecule has 1 heterocycles. The predicted octanol–water partition coefficient (Wildman–Crippen LogP) is 2.94. The standard InChI is InChI=1S/C22H27N3O3/c1-17(26)24-12-14-25(15-13-24)20-9-7-19(8-10-20)23-22(27)11-6-18-4-3-5-21(16-18)28-2/h3-5,7-10,16H,6,11-15H2,1-2H3,(H,23,27). The van der Waals surface area contributed by atoms with E-state index in [2.05, 4.69) is 10.2 Å². The number of aryl methyl sites for hydroxylation is 1. The SMILES string of the molecule is COc1cccc(CCC(=O)Nc2ccc(N3CCN(C(C)=O)CC3)cc2)c1. The molecule has 3 rings (SSSR count). The van der Waals surface area contributed by atoms with Crippen LogP contribution in [-0.4, -0.2) is 50.0 Å². The van der Waals surface area contributed by atoms with Crippen molar-refractivity contribution in [3.63, 3.8) is 0 Å². The van der Waals surface area contributed by atoms with Crippen LogP contribution >= 0.6 is 0 Å². The number of nitrogens with zero attached hydrogens (tertiary/aromatic N) is 2. The Balaban J connectivity index is 1.48. The Morgan fingerprint density at radius 3 is 2.39 bits per heavy atom. The van der Waals surface area contributed by atoms with Crippen LogP contribution in [0.15, 0.2) is 48.5 Å². The number of anilines is 2. The van der Waals surface area contributed by atoms with E-state index in [4.69, 9.17) is 4.74 Å². The molecule has 0 bridgehead atoms. The van der Waals surface area contributed by atoms with Crippen molar-refractivity contribution in [2.75, 3.05) is 43.5 Å². The molecule has 0 unspecified atom stereocenters. The summed E-state index contributed by atoms with van der Waals surface area (Å²) in [6, 6.07) is 15.7. The molecule has 0 atom stereocenters. The molecule has 148 valence electrons. The first-order chi connectivity index (χ1) is 13.5. The average Bonchev–Trinajstić information content (AvgIpc) is 2.73. The Morgan fingerprint density at radius 2 is 1.75 bits per heavy atom. The third-order valence-electron chi connectivity index (χ3n) is 5.02. The van der Waals surface area contributed by atoms with Gasteiger partial charge in [0.15, 0.2) is 0 Å². The lowest BCUT2D eigenvalue weighted by atomic mass is 10.1. The number of benzene rings is 2. The summed E-state index contributed by atoms with van der Waals surface area (Å²) in [7, 11) is 1.64. The van der Waals surface area contributed by atoms with Crippen LogP contribution in [0.2, 0.25) is 0 Å². The van der Waals surface area contributed by atoms with Crippen LogP contribution in [0, 0.1) is 0 Å². The number of carbonyl (C=O) groups excluding carboxylic acids is 2. The van der Waals surface area contributed by atoms with Gasteiger partial charge in [-0.05, 0) is 48.4 Å². The molecule has 1 aliphatic rings. The van der Waals surface area contributed by atoms with Gasteiger partial charge in [0.25, 0.3) is 0 Å². The third-order valence-corrected chi connectivity index (χ3v) is 5.02. The van der Waals surface area contributed by atoms with Crippen molar-refractivity contribution < 1.29 is 14.3 Å². The Kier molecular flexibility index (Phi) is 6.53. The molecule has 1 saturated heterocycles. The van der Waals surface area contributed by atoms with Gasteiger partial charge in [-0.3, -0.25) is 9.59 Å². The number of ether oxygens (including phenoxy) is 1. The summed E-state index contributed by atoms with van der Waals surface area (Å²) in [5, 5.41) is 2.95. The summed E-state index contributed by atoms with van der Waals surface area (Å²) >= 11 is 0. The van der Waals surface area contributed by atoms with Crippen LogP contribution < -0.4 is 15.0 Å². The molecular formula is C22H27N3O3. The summed E-state index contributed by atoms with van der Waals surface area (Å²) < 4.78 is 5.21. The van der Waals surface area contributed by atoms with E-state index in [-0.39, 0.29) is 11.8 Å². The van der Waals surface area contributed by atoms with Crippen LogP contribution in [0.25, 0.3) is 0 Å². The van der Waals surface area contributed by atoms with Crippen LogP contribution in [-0.2, 0) is 16.0 Å². The molecule has 2 aromatic rings. The lowest BCUT2D eigenvalue weighted by molar-refractivity contribution is -0.129. The van der Waals surface area contributed by atoms with Gasteiger partial charge in [-0.1, -0.05) is 12.1 Å². The lowest BCUT2D eigenvalue weighted by Gasteiger charge is -2.35. The number of amides is 2. The van der Waals surface area contributed by atoms with E-state index in [0.29, 0.717) is 12.8 Å². The zero-order chi connectivity index (χ0) is 19.9. The zero-order valence-corrected chi connectivity index (χ0v) is 16.5. The van der Waals surface area contributed by atoms with Crippen LogP contribution in [0.5, 0.6) is 5.75 Å². The molecule has 0 saturated carbocycles. The minimum Gasteiger partial charge on any atom is -0.497 e. The molecule has 0 aromatic heterocycles. The summed E-state index contributed by atoms with van der Waals surface area (Å²) in [4.78, 5) is 27.8. The van der Waals surface area contributed by atoms with E-state index in [1.165, 1.54) is 0 Å². The summed E-state index contributed by atoms with van der Waals surface area (Å²) in [6.45, 7) is 4.76. The largest absolute Gasteiger partial charge is 0.497 e. The maximum atomic E-state index is 12.2. The van der Waals surface area contributed by atoms with Gasteiger partial charge in [0, 0.05) is 50.9 Å². The van der Waals surface area contributed by atoms with Crippen molar-refractivity contribution in [2.45, 2.75) is 19.8 Å². The van der Waals surface area contributed by atoms with Crippen molar-refractivity contribution in [1.29, 1.82) is 0 Å². The van der Waals surface area contributed by atoms with Crippen molar-refractivity contribution in [1.82, 2.24) is 4.90 Å². The third kappa shape index (κ3) is 5.25. The fourth-order valence-corrected chi connectivity index (χ4v) is 3.34. The Morgan fingerprint density at radius 1 is 1.04 bits per heavy atom. The second-order valence-corrected chi connectivity index (χ2v) is 6.94. The summed E-state index contributed by atoms with van der Waals surface area (Å²) in [6.07, 6.45) is 1.09. The van der Waals surface area contributed by atoms with Gasteiger partial charge < -0.3 is 19.9 Å². The van der Waals surface area contributed by atoms with Crippen molar-refractivity contribution in [2.24, 2.45) is 0 Å². The number of methoxy groups -OCH3 is 1.